The second kappa shape index (κ2) is 8.87. The number of benzene rings is 1. The summed E-state index contributed by atoms with van der Waals surface area (Å²) < 4.78 is 44.4. The van der Waals surface area contributed by atoms with E-state index < -0.39 is 20.5 Å². The lowest BCUT2D eigenvalue weighted by molar-refractivity contribution is 0.0796. The van der Waals surface area contributed by atoms with Gasteiger partial charge < -0.3 is 4.57 Å². The van der Waals surface area contributed by atoms with Gasteiger partial charge >= 0.3 is 0 Å². The first-order chi connectivity index (χ1) is 18.2. The first-order valence-electron chi connectivity index (χ1n) is 12.5. The maximum Gasteiger partial charge on any atom is 0.191 e. The highest BCUT2D eigenvalue weighted by molar-refractivity contribution is 7.92. The number of allylic oxidation sites excluding steroid dienone is 1. The van der Waals surface area contributed by atoms with Gasteiger partial charge in [-0.2, -0.15) is 5.10 Å². The Balaban J connectivity index is 1.46. The van der Waals surface area contributed by atoms with Gasteiger partial charge in [0, 0.05) is 25.6 Å². The lowest BCUT2D eigenvalue weighted by atomic mass is 9.61. The fourth-order valence-corrected chi connectivity index (χ4v) is 7.74. The van der Waals surface area contributed by atoms with Crippen molar-refractivity contribution in [3.63, 3.8) is 0 Å². The summed E-state index contributed by atoms with van der Waals surface area (Å²) in [5.74, 6) is -0.498. The molecule has 6 rings (SSSR count). The van der Waals surface area contributed by atoms with Crippen molar-refractivity contribution < 1.29 is 17.6 Å². The van der Waals surface area contributed by atoms with Crippen molar-refractivity contribution in [1.82, 2.24) is 19.3 Å². The molecule has 2 aliphatic carbocycles. The quantitative estimate of drug-likeness (QED) is 0.343. The summed E-state index contributed by atoms with van der Waals surface area (Å²) in [6.45, 7) is 1.90. The summed E-state index contributed by atoms with van der Waals surface area (Å²) in [7, 11) is -1.86. The number of rotatable bonds is 5. The highest BCUT2D eigenvalue weighted by atomic mass is 32.2. The topological polar surface area (TPSA) is 86.8 Å². The van der Waals surface area contributed by atoms with E-state index in [1.807, 2.05) is 19.1 Å². The molecule has 0 spiro atoms. The van der Waals surface area contributed by atoms with E-state index in [1.165, 1.54) is 12.1 Å². The molecule has 2 atom stereocenters. The summed E-state index contributed by atoms with van der Waals surface area (Å²) in [5, 5.41) is 3.85. The van der Waals surface area contributed by atoms with Crippen LogP contribution in [0.5, 0.6) is 0 Å². The highest BCUT2D eigenvalue weighted by Gasteiger charge is 2.52. The van der Waals surface area contributed by atoms with Crippen molar-refractivity contribution in [2.45, 2.75) is 42.8 Å². The average Bonchev–Trinajstić information content (AvgIpc) is 3.53. The minimum absolute atomic E-state index is 0.166. The number of Topliss-reactive ketones (excluding diaryl/α,β-unsaturated/α-hetero) is 1. The second-order valence-electron chi connectivity index (χ2n) is 10.3. The molecule has 2 aliphatic rings. The van der Waals surface area contributed by atoms with Gasteiger partial charge in [-0.25, -0.2) is 17.5 Å². The molecule has 0 bridgehead atoms. The largest absolute Gasteiger partial charge is 0.356 e. The average molecular weight is 531 g/mol. The van der Waals surface area contributed by atoms with Crippen LogP contribution in [-0.4, -0.2) is 38.8 Å². The van der Waals surface area contributed by atoms with Crippen molar-refractivity contribution in [3.8, 4) is 5.69 Å². The van der Waals surface area contributed by atoms with Crippen LogP contribution in [0.25, 0.3) is 11.8 Å². The molecule has 3 aromatic heterocycles. The van der Waals surface area contributed by atoms with E-state index in [9.17, 15) is 17.6 Å². The van der Waals surface area contributed by atoms with Gasteiger partial charge in [-0.3, -0.25) is 9.78 Å². The molecule has 9 heteroatoms. The maximum absolute atomic E-state index is 14.3. The highest BCUT2D eigenvalue weighted by Crippen LogP contribution is 2.51. The number of fused-ring (bicyclic) bond motifs is 2. The van der Waals surface area contributed by atoms with E-state index >= 15 is 0 Å². The Bertz CT molecular complexity index is 1700. The van der Waals surface area contributed by atoms with E-state index in [2.05, 4.69) is 10.1 Å². The third-order valence-corrected chi connectivity index (χ3v) is 10.0. The number of halogens is 1. The number of sulfone groups is 1. The Hall–Kier alpha value is -3.85. The summed E-state index contributed by atoms with van der Waals surface area (Å²) in [5.41, 5.74) is 3.48. The van der Waals surface area contributed by atoms with Crippen LogP contribution in [0.1, 0.15) is 46.6 Å². The number of carbonyl (C=O) groups is 1. The van der Waals surface area contributed by atoms with Crippen molar-refractivity contribution in [2.24, 2.45) is 12.5 Å². The fourth-order valence-electron chi connectivity index (χ4n) is 5.86. The summed E-state index contributed by atoms with van der Waals surface area (Å²) >= 11 is 0. The molecule has 3 heterocycles. The number of hydrogen-bond donors (Lipinski definition) is 0. The van der Waals surface area contributed by atoms with Crippen molar-refractivity contribution in [1.29, 1.82) is 0 Å². The second-order valence-corrected chi connectivity index (χ2v) is 12.6. The van der Waals surface area contributed by atoms with Crippen molar-refractivity contribution >= 4 is 21.7 Å². The molecule has 38 heavy (non-hydrogen) atoms. The van der Waals surface area contributed by atoms with Gasteiger partial charge in [0.25, 0.3) is 0 Å². The molecular weight excluding hydrogens is 503 g/mol. The van der Waals surface area contributed by atoms with Gasteiger partial charge in [0.05, 0.1) is 33.1 Å². The first-order valence-corrected chi connectivity index (χ1v) is 14.1. The lowest BCUT2D eigenvalue weighted by Crippen LogP contribution is -2.45. The maximum atomic E-state index is 14.3. The van der Waals surface area contributed by atoms with E-state index in [0.717, 1.165) is 22.4 Å². The molecule has 0 N–H and O–H groups in total. The number of aromatic nitrogens is 4. The molecular formula is C29H27FN4O3S. The Labute approximate surface area is 220 Å². The van der Waals surface area contributed by atoms with Gasteiger partial charge in [-0.05, 0) is 92.3 Å². The zero-order valence-corrected chi connectivity index (χ0v) is 22.0. The smallest absolute Gasteiger partial charge is 0.191 e. The fraction of sp³-hybridized carbons (Fsp3) is 0.276. The van der Waals surface area contributed by atoms with E-state index in [4.69, 9.17) is 0 Å². The minimum Gasteiger partial charge on any atom is -0.356 e. The van der Waals surface area contributed by atoms with Gasteiger partial charge in [-0.15, -0.1) is 0 Å². The van der Waals surface area contributed by atoms with Crippen molar-refractivity contribution in [2.75, 3.05) is 0 Å². The molecule has 1 saturated carbocycles. The third kappa shape index (κ3) is 3.93. The minimum atomic E-state index is -3.65. The van der Waals surface area contributed by atoms with Crippen LogP contribution in [0.15, 0.2) is 77.7 Å². The lowest BCUT2D eigenvalue weighted by Gasteiger charge is -2.43. The summed E-state index contributed by atoms with van der Waals surface area (Å²) in [6, 6.07) is 11.3. The Kier molecular flexibility index (Phi) is 5.72. The zero-order valence-electron chi connectivity index (χ0n) is 21.1. The number of aryl methyl sites for hydroxylation is 2. The standard InChI is InChI=1S/C29H27FN4O3S/c1-19-9-11-31-26(13-19)28(35)29-15-20-17-32-34(23-6-4-22(30)5-7-23)27(20)14-21(29)3-8-24(16-29)38(36,37)25-10-12-33(2)18-25/h4-7,9-14,17-18,24H,3,8,15-16H2,1-2H3/t24-,29-/m0/s1. The van der Waals surface area contributed by atoms with E-state index in [0.29, 0.717) is 30.6 Å². The molecule has 0 unspecified atom stereocenters. The van der Waals surface area contributed by atoms with Gasteiger partial charge in [0.1, 0.15) is 11.5 Å². The van der Waals surface area contributed by atoms with Gasteiger partial charge in [-0.1, -0.05) is 5.57 Å². The SMILES string of the molecule is Cc1ccnc(C(=O)[C@]23Cc4cnn(-c5ccc(F)cc5)c4C=C2CC[C@H](S(=O)(=O)c2ccn(C)c2)C3)c1. The van der Waals surface area contributed by atoms with Crippen molar-refractivity contribution in [3.05, 3.63) is 101 Å². The Morgan fingerprint density at radius 1 is 1.16 bits per heavy atom. The Morgan fingerprint density at radius 2 is 1.95 bits per heavy atom. The normalized spacial score (nSPS) is 20.9. The van der Waals surface area contributed by atoms with Crippen LogP contribution in [0.4, 0.5) is 4.39 Å². The predicted octanol–water partition coefficient (Wildman–Crippen LogP) is 4.89. The number of nitrogens with zero attached hydrogens (tertiary/aromatic N) is 4. The molecule has 7 nitrogen and oxygen atoms in total. The summed E-state index contributed by atoms with van der Waals surface area (Å²) in [4.78, 5) is 18.9. The molecule has 0 aliphatic heterocycles. The van der Waals surface area contributed by atoms with Crippen LogP contribution < -0.4 is 0 Å². The molecule has 0 radical (unpaired) electrons. The third-order valence-electron chi connectivity index (χ3n) is 7.84. The van der Waals surface area contributed by atoms with Gasteiger partial charge in [0.2, 0.25) is 0 Å². The van der Waals surface area contributed by atoms with Crippen LogP contribution in [-0.2, 0) is 23.3 Å². The Morgan fingerprint density at radius 3 is 2.66 bits per heavy atom. The number of hydrogen-bond acceptors (Lipinski definition) is 5. The molecule has 1 aromatic carbocycles. The number of ketones is 1. The number of carbonyl (C=O) groups excluding carboxylic acids is 1. The van der Waals surface area contributed by atoms with Crippen LogP contribution in [0.2, 0.25) is 0 Å². The molecule has 1 fully saturated rings. The zero-order chi connectivity index (χ0) is 26.7. The van der Waals surface area contributed by atoms with Crippen LogP contribution in [0, 0.1) is 18.2 Å². The van der Waals surface area contributed by atoms with Crippen LogP contribution in [0.3, 0.4) is 0 Å². The van der Waals surface area contributed by atoms with E-state index in [1.54, 1.807) is 65.3 Å². The molecule has 0 saturated heterocycles. The molecule has 194 valence electrons. The predicted molar refractivity (Wildman–Crippen MR) is 141 cm³/mol. The van der Waals surface area contributed by atoms with Crippen LogP contribution >= 0.6 is 0 Å². The molecule has 0 amide bonds. The summed E-state index contributed by atoms with van der Waals surface area (Å²) in [6.07, 6.45) is 10.0. The van der Waals surface area contributed by atoms with E-state index in [-0.39, 0.29) is 22.9 Å². The van der Waals surface area contributed by atoms with Gasteiger partial charge in [0.15, 0.2) is 15.6 Å². The first kappa shape index (κ1) is 24.5. The monoisotopic (exact) mass is 530 g/mol. The molecule has 4 aromatic rings. The number of pyridine rings is 1.